The Labute approximate surface area is 83.8 Å². The van der Waals surface area contributed by atoms with Crippen molar-refractivity contribution in [2.24, 2.45) is 0 Å². The number of thioether (sulfide) groups is 1. The fourth-order valence-electron chi connectivity index (χ4n) is 1.46. The Kier molecular flexibility index (Phi) is 2.14. The molecule has 1 fully saturated rings. The fourth-order valence-corrected chi connectivity index (χ4v) is 2.20. The van der Waals surface area contributed by atoms with Gasteiger partial charge >= 0.3 is 5.69 Å². The standard InChI is InChI=1S/C8H10N2O3S/c1-4-6(11)7(12)9-8(13)10(4)5-2-14-3-5/h5,11H,2-3H2,1H3,(H,9,12,13). The molecule has 0 saturated carbocycles. The monoisotopic (exact) mass is 214 g/mol. The number of aromatic amines is 1. The summed E-state index contributed by atoms with van der Waals surface area (Å²) in [5.41, 5.74) is -0.796. The predicted molar refractivity (Wildman–Crippen MR) is 54.1 cm³/mol. The summed E-state index contributed by atoms with van der Waals surface area (Å²) in [6.45, 7) is 1.58. The zero-order chi connectivity index (χ0) is 10.3. The van der Waals surface area contributed by atoms with E-state index in [9.17, 15) is 14.7 Å². The maximum atomic E-state index is 11.4. The largest absolute Gasteiger partial charge is 0.502 e. The number of aromatic nitrogens is 2. The van der Waals surface area contributed by atoms with E-state index in [4.69, 9.17) is 0 Å². The molecule has 2 rings (SSSR count). The van der Waals surface area contributed by atoms with Gasteiger partial charge in [-0.3, -0.25) is 14.3 Å². The molecule has 1 saturated heterocycles. The molecule has 0 atom stereocenters. The van der Waals surface area contributed by atoms with E-state index in [1.807, 2.05) is 0 Å². The Morgan fingerprint density at radius 3 is 2.64 bits per heavy atom. The molecular formula is C8H10N2O3S. The van der Waals surface area contributed by atoms with Gasteiger partial charge in [-0.2, -0.15) is 11.8 Å². The average molecular weight is 214 g/mol. The molecule has 1 aromatic rings. The third kappa shape index (κ3) is 1.26. The summed E-state index contributed by atoms with van der Waals surface area (Å²) in [5, 5.41) is 9.37. The van der Waals surface area contributed by atoms with Crippen LogP contribution in [0.2, 0.25) is 0 Å². The second-order valence-electron chi connectivity index (χ2n) is 3.25. The Morgan fingerprint density at radius 1 is 1.50 bits per heavy atom. The Hall–Kier alpha value is -1.17. The highest BCUT2D eigenvalue weighted by Gasteiger charge is 2.24. The van der Waals surface area contributed by atoms with Gasteiger partial charge in [-0.25, -0.2) is 4.79 Å². The molecule has 1 aliphatic heterocycles. The van der Waals surface area contributed by atoms with E-state index in [1.54, 1.807) is 18.7 Å². The van der Waals surface area contributed by atoms with Crippen LogP contribution in [0.5, 0.6) is 5.75 Å². The van der Waals surface area contributed by atoms with Crippen LogP contribution in [0.15, 0.2) is 9.59 Å². The number of nitrogens with one attached hydrogen (secondary N) is 1. The van der Waals surface area contributed by atoms with Crippen LogP contribution in [-0.2, 0) is 0 Å². The lowest BCUT2D eigenvalue weighted by atomic mass is 10.3. The van der Waals surface area contributed by atoms with Crippen LogP contribution >= 0.6 is 11.8 Å². The van der Waals surface area contributed by atoms with Gasteiger partial charge in [-0.05, 0) is 6.92 Å². The smallest absolute Gasteiger partial charge is 0.329 e. The van der Waals surface area contributed by atoms with Gasteiger partial charge < -0.3 is 5.11 Å². The molecule has 0 radical (unpaired) electrons. The lowest BCUT2D eigenvalue weighted by Gasteiger charge is -2.28. The number of hydrogen-bond acceptors (Lipinski definition) is 4. The average Bonchev–Trinajstić information content (AvgIpc) is 2.05. The summed E-state index contributed by atoms with van der Waals surface area (Å²) in [6.07, 6.45) is 0. The zero-order valence-electron chi connectivity index (χ0n) is 7.61. The van der Waals surface area contributed by atoms with Crippen molar-refractivity contribution in [3.63, 3.8) is 0 Å². The highest BCUT2D eigenvalue weighted by atomic mass is 32.2. The van der Waals surface area contributed by atoms with Crippen LogP contribution < -0.4 is 11.2 Å². The highest BCUT2D eigenvalue weighted by Crippen LogP contribution is 2.29. The van der Waals surface area contributed by atoms with E-state index < -0.39 is 11.2 Å². The summed E-state index contributed by atoms with van der Waals surface area (Å²) < 4.78 is 1.45. The second-order valence-corrected chi connectivity index (χ2v) is 4.33. The maximum absolute atomic E-state index is 11.4. The molecule has 0 amide bonds. The number of H-pyrrole nitrogens is 1. The summed E-state index contributed by atoms with van der Waals surface area (Å²) in [5.74, 6) is 1.35. The summed E-state index contributed by atoms with van der Waals surface area (Å²) in [6, 6.07) is 0.107. The quantitative estimate of drug-likeness (QED) is 0.681. The topological polar surface area (TPSA) is 75.1 Å². The van der Waals surface area contributed by atoms with Crippen LogP contribution in [0.3, 0.4) is 0 Å². The van der Waals surface area contributed by atoms with Crippen molar-refractivity contribution in [3.8, 4) is 5.75 Å². The van der Waals surface area contributed by atoms with Gasteiger partial charge in [0.25, 0.3) is 5.56 Å². The summed E-state index contributed by atoms with van der Waals surface area (Å²) >= 11 is 1.73. The first-order valence-electron chi connectivity index (χ1n) is 4.23. The Bertz CT molecular complexity index is 472. The molecule has 14 heavy (non-hydrogen) atoms. The second kappa shape index (κ2) is 3.20. The molecule has 0 aromatic carbocycles. The first-order valence-corrected chi connectivity index (χ1v) is 5.39. The molecule has 1 aliphatic rings. The fraction of sp³-hybridized carbons (Fsp3) is 0.500. The van der Waals surface area contributed by atoms with Crippen molar-refractivity contribution < 1.29 is 5.11 Å². The molecule has 0 spiro atoms. The van der Waals surface area contributed by atoms with E-state index in [0.29, 0.717) is 5.69 Å². The Balaban J connectivity index is 2.64. The van der Waals surface area contributed by atoms with Gasteiger partial charge in [0.1, 0.15) is 0 Å². The van der Waals surface area contributed by atoms with Gasteiger partial charge in [0.05, 0.1) is 11.7 Å². The minimum absolute atomic E-state index is 0.107. The van der Waals surface area contributed by atoms with E-state index in [0.717, 1.165) is 11.5 Å². The van der Waals surface area contributed by atoms with Crippen molar-refractivity contribution in [3.05, 3.63) is 26.5 Å². The molecule has 0 bridgehead atoms. The van der Waals surface area contributed by atoms with Gasteiger partial charge in [-0.15, -0.1) is 0 Å². The van der Waals surface area contributed by atoms with Gasteiger partial charge in [0.2, 0.25) is 5.75 Å². The van der Waals surface area contributed by atoms with Crippen LogP contribution in [-0.4, -0.2) is 26.2 Å². The number of rotatable bonds is 1. The summed E-state index contributed by atoms with van der Waals surface area (Å²) in [4.78, 5) is 24.5. The molecule has 2 N–H and O–H groups in total. The Morgan fingerprint density at radius 2 is 2.14 bits per heavy atom. The van der Waals surface area contributed by atoms with E-state index in [1.165, 1.54) is 4.57 Å². The van der Waals surface area contributed by atoms with E-state index in [-0.39, 0.29) is 11.8 Å². The molecule has 1 aromatic heterocycles. The molecule has 2 heterocycles. The van der Waals surface area contributed by atoms with Crippen LogP contribution in [0.4, 0.5) is 0 Å². The van der Waals surface area contributed by atoms with Gasteiger partial charge in [-0.1, -0.05) is 0 Å². The first kappa shape index (κ1) is 9.39. The van der Waals surface area contributed by atoms with Crippen molar-refractivity contribution in [2.75, 3.05) is 11.5 Å². The van der Waals surface area contributed by atoms with E-state index in [2.05, 4.69) is 4.98 Å². The van der Waals surface area contributed by atoms with Crippen LogP contribution in [0.1, 0.15) is 11.7 Å². The predicted octanol–water partition coefficient (Wildman–Crippen LogP) is -0.161. The summed E-state index contributed by atoms with van der Waals surface area (Å²) in [7, 11) is 0. The SMILES string of the molecule is Cc1c(O)c(=O)[nH]c(=O)n1C1CSC1. The normalized spacial score (nSPS) is 16.6. The lowest BCUT2D eigenvalue weighted by Crippen LogP contribution is -2.38. The third-order valence-electron chi connectivity index (χ3n) is 2.34. The minimum Gasteiger partial charge on any atom is -0.502 e. The highest BCUT2D eigenvalue weighted by molar-refractivity contribution is 8.00. The van der Waals surface area contributed by atoms with Crippen molar-refractivity contribution in [2.45, 2.75) is 13.0 Å². The number of hydrogen-bond donors (Lipinski definition) is 2. The molecular weight excluding hydrogens is 204 g/mol. The number of nitrogens with zero attached hydrogens (tertiary/aromatic N) is 1. The number of aromatic hydroxyl groups is 1. The van der Waals surface area contributed by atoms with Gasteiger partial charge in [0.15, 0.2) is 0 Å². The van der Waals surface area contributed by atoms with E-state index >= 15 is 0 Å². The molecule has 76 valence electrons. The minimum atomic E-state index is -0.712. The van der Waals surface area contributed by atoms with Crippen LogP contribution in [0, 0.1) is 6.92 Å². The molecule has 0 unspecified atom stereocenters. The maximum Gasteiger partial charge on any atom is 0.329 e. The molecule has 5 nitrogen and oxygen atoms in total. The third-order valence-corrected chi connectivity index (χ3v) is 3.58. The van der Waals surface area contributed by atoms with Crippen molar-refractivity contribution in [1.29, 1.82) is 0 Å². The van der Waals surface area contributed by atoms with Crippen molar-refractivity contribution >= 4 is 11.8 Å². The van der Waals surface area contributed by atoms with Crippen LogP contribution in [0.25, 0.3) is 0 Å². The van der Waals surface area contributed by atoms with Gasteiger partial charge in [0, 0.05) is 11.5 Å². The zero-order valence-corrected chi connectivity index (χ0v) is 8.43. The molecule has 6 heteroatoms. The lowest BCUT2D eigenvalue weighted by molar-refractivity contribution is 0.432. The molecule has 0 aliphatic carbocycles. The first-order chi connectivity index (χ1) is 6.61. The van der Waals surface area contributed by atoms with Crippen molar-refractivity contribution in [1.82, 2.24) is 9.55 Å².